The third-order valence-corrected chi connectivity index (χ3v) is 5.04. The SMILES string of the molecule is COc1cc(F)ccc1C(Br)C(=O)c1c[nH]c2c(C)cc(Cl)cc12. The fourth-order valence-corrected chi connectivity index (χ4v) is 3.64. The van der Waals surface area contributed by atoms with Crippen LogP contribution in [0.25, 0.3) is 10.9 Å². The molecule has 0 saturated heterocycles. The lowest BCUT2D eigenvalue weighted by molar-refractivity contribution is 0.0992. The van der Waals surface area contributed by atoms with Gasteiger partial charge in [0.05, 0.1) is 7.11 Å². The lowest BCUT2D eigenvalue weighted by Gasteiger charge is -2.13. The van der Waals surface area contributed by atoms with Crippen LogP contribution in [0, 0.1) is 12.7 Å². The first-order chi connectivity index (χ1) is 11.4. The van der Waals surface area contributed by atoms with Crippen LogP contribution in [-0.4, -0.2) is 17.9 Å². The van der Waals surface area contributed by atoms with Gasteiger partial charge in [-0.15, -0.1) is 0 Å². The average molecular weight is 411 g/mol. The Hall–Kier alpha value is -1.85. The highest BCUT2D eigenvalue weighted by atomic mass is 79.9. The zero-order chi connectivity index (χ0) is 17.4. The molecule has 6 heteroatoms. The van der Waals surface area contributed by atoms with E-state index >= 15 is 0 Å². The number of halogens is 3. The molecular formula is C18H14BrClFNO2. The van der Waals surface area contributed by atoms with E-state index in [-0.39, 0.29) is 5.78 Å². The van der Waals surface area contributed by atoms with E-state index in [9.17, 15) is 9.18 Å². The van der Waals surface area contributed by atoms with Crippen molar-refractivity contribution in [1.29, 1.82) is 0 Å². The number of benzene rings is 2. The molecule has 3 aromatic rings. The minimum Gasteiger partial charge on any atom is -0.496 e. The summed E-state index contributed by atoms with van der Waals surface area (Å²) in [4.78, 5) is 15.4. The van der Waals surface area contributed by atoms with Gasteiger partial charge in [-0.1, -0.05) is 33.6 Å². The quantitative estimate of drug-likeness (QED) is 0.449. The van der Waals surface area contributed by atoms with Gasteiger partial charge in [-0.3, -0.25) is 4.79 Å². The summed E-state index contributed by atoms with van der Waals surface area (Å²) in [5, 5.41) is 1.33. The number of hydrogen-bond donors (Lipinski definition) is 1. The Kier molecular flexibility index (Phi) is 4.65. The second kappa shape index (κ2) is 6.57. The van der Waals surface area contributed by atoms with Crippen molar-refractivity contribution in [3.63, 3.8) is 0 Å². The van der Waals surface area contributed by atoms with Crippen LogP contribution in [0.3, 0.4) is 0 Å². The summed E-state index contributed by atoms with van der Waals surface area (Å²) in [6.45, 7) is 1.92. The van der Waals surface area contributed by atoms with Gasteiger partial charge in [-0.05, 0) is 30.7 Å². The van der Waals surface area contributed by atoms with Crippen LogP contribution >= 0.6 is 27.5 Å². The summed E-state index contributed by atoms with van der Waals surface area (Å²) in [5.41, 5.74) is 2.91. The molecule has 3 rings (SSSR count). The summed E-state index contributed by atoms with van der Waals surface area (Å²) in [7, 11) is 1.44. The number of carbonyl (C=O) groups is 1. The Labute approximate surface area is 151 Å². The minimum atomic E-state index is -0.661. The molecule has 0 saturated carbocycles. The van der Waals surface area contributed by atoms with E-state index in [2.05, 4.69) is 20.9 Å². The summed E-state index contributed by atoms with van der Waals surface area (Å²) < 4.78 is 18.6. The number of Topliss-reactive ketones (excluding diaryl/α,β-unsaturated/α-hetero) is 1. The third kappa shape index (κ3) is 2.94. The number of aromatic amines is 1. The number of aryl methyl sites for hydroxylation is 1. The van der Waals surface area contributed by atoms with Gasteiger partial charge in [0.1, 0.15) is 16.4 Å². The number of H-pyrrole nitrogens is 1. The molecule has 1 N–H and O–H groups in total. The molecule has 124 valence electrons. The van der Waals surface area contributed by atoms with Gasteiger partial charge in [-0.25, -0.2) is 4.39 Å². The van der Waals surface area contributed by atoms with Gasteiger partial charge >= 0.3 is 0 Å². The van der Waals surface area contributed by atoms with Crippen LogP contribution in [0.5, 0.6) is 5.75 Å². The van der Waals surface area contributed by atoms with Crippen molar-refractivity contribution < 1.29 is 13.9 Å². The van der Waals surface area contributed by atoms with E-state index in [1.54, 1.807) is 18.3 Å². The largest absolute Gasteiger partial charge is 0.496 e. The monoisotopic (exact) mass is 409 g/mol. The molecule has 0 amide bonds. The average Bonchev–Trinajstić information content (AvgIpc) is 2.97. The number of methoxy groups -OCH3 is 1. The molecular weight excluding hydrogens is 397 g/mol. The molecule has 2 aromatic carbocycles. The molecule has 0 fully saturated rings. The zero-order valence-corrected chi connectivity index (χ0v) is 15.3. The summed E-state index contributed by atoms with van der Waals surface area (Å²) >= 11 is 9.53. The minimum absolute atomic E-state index is 0.159. The van der Waals surface area contributed by atoms with E-state index in [1.807, 2.05) is 13.0 Å². The van der Waals surface area contributed by atoms with Gasteiger partial charge < -0.3 is 9.72 Å². The highest BCUT2D eigenvalue weighted by Gasteiger charge is 2.25. The normalized spacial score (nSPS) is 12.4. The first kappa shape index (κ1) is 17.0. The van der Waals surface area contributed by atoms with Gasteiger partial charge in [0.2, 0.25) is 0 Å². The predicted octanol–water partition coefficient (Wildman–Crippen LogP) is 5.60. The van der Waals surface area contributed by atoms with Crippen LogP contribution in [0.4, 0.5) is 4.39 Å². The fourth-order valence-electron chi connectivity index (χ4n) is 2.75. The van der Waals surface area contributed by atoms with Gasteiger partial charge in [-0.2, -0.15) is 0 Å². The van der Waals surface area contributed by atoms with Gasteiger partial charge in [0.15, 0.2) is 5.78 Å². The molecule has 0 aliphatic heterocycles. The van der Waals surface area contributed by atoms with E-state index in [0.29, 0.717) is 21.9 Å². The van der Waals surface area contributed by atoms with Crippen LogP contribution in [0.2, 0.25) is 5.02 Å². The maximum Gasteiger partial charge on any atom is 0.183 e. The number of ketones is 1. The van der Waals surface area contributed by atoms with Crippen molar-refractivity contribution in [2.75, 3.05) is 7.11 Å². The standard InChI is InChI=1S/C18H14BrClFNO2/c1-9-5-10(20)6-13-14(8-22-17(9)13)18(23)16(19)12-4-3-11(21)7-15(12)24-2/h3-8,16,22H,1-2H3. The van der Waals surface area contributed by atoms with Gasteiger partial charge in [0, 0.05) is 39.3 Å². The lowest BCUT2D eigenvalue weighted by atomic mass is 10.0. The molecule has 1 heterocycles. The predicted molar refractivity (Wildman–Crippen MR) is 97.0 cm³/mol. The van der Waals surface area contributed by atoms with E-state index in [4.69, 9.17) is 16.3 Å². The number of hydrogen-bond acceptors (Lipinski definition) is 2. The maximum absolute atomic E-state index is 13.4. The Bertz CT molecular complexity index is 938. The highest BCUT2D eigenvalue weighted by molar-refractivity contribution is 9.09. The maximum atomic E-state index is 13.4. The second-order valence-corrected chi connectivity index (χ2v) is 6.81. The van der Waals surface area contributed by atoms with Crippen LogP contribution in [0.15, 0.2) is 36.5 Å². The summed E-state index contributed by atoms with van der Waals surface area (Å²) in [6, 6.07) is 7.69. The fraction of sp³-hybridized carbons (Fsp3) is 0.167. The highest BCUT2D eigenvalue weighted by Crippen LogP contribution is 2.36. The molecule has 0 aliphatic carbocycles. The number of rotatable bonds is 4. The molecule has 24 heavy (non-hydrogen) atoms. The van der Waals surface area contributed by atoms with Crippen molar-refractivity contribution in [3.05, 3.63) is 64.1 Å². The molecule has 0 spiro atoms. The van der Waals surface area contributed by atoms with Gasteiger partial charge in [0.25, 0.3) is 0 Å². The molecule has 0 aliphatic rings. The smallest absolute Gasteiger partial charge is 0.183 e. The molecule has 1 unspecified atom stereocenters. The van der Waals surface area contributed by atoms with Crippen molar-refractivity contribution in [1.82, 2.24) is 4.98 Å². The number of nitrogens with one attached hydrogen (secondary N) is 1. The van der Waals surface area contributed by atoms with Crippen molar-refractivity contribution in [3.8, 4) is 5.75 Å². The summed E-state index contributed by atoms with van der Waals surface area (Å²) in [5.74, 6) is -0.260. The molecule has 0 bridgehead atoms. The van der Waals surface area contributed by atoms with Crippen molar-refractivity contribution in [2.45, 2.75) is 11.8 Å². The molecule has 1 atom stereocenters. The molecule has 3 nitrogen and oxygen atoms in total. The number of carbonyl (C=O) groups excluding carboxylic acids is 1. The van der Waals surface area contributed by atoms with E-state index < -0.39 is 10.6 Å². The van der Waals surface area contributed by atoms with Crippen LogP contribution in [-0.2, 0) is 0 Å². The summed E-state index contributed by atoms with van der Waals surface area (Å²) in [6.07, 6.45) is 1.67. The first-order valence-corrected chi connectivity index (χ1v) is 8.50. The Morgan fingerprint density at radius 2 is 2.08 bits per heavy atom. The second-order valence-electron chi connectivity index (χ2n) is 5.46. The van der Waals surface area contributed by atoms with E-state index in [1.165, 1.54) is 19.2 Å². The zero-order valence-electron chi connectivity index (χ0n) is 13.0. The van der Waals surface area contributed by atoms with Crippen molar-refractivity contribution >= 4 is 44.2 Å². The van der Waals surface area contributed by atoms with Crippen molar-refractivity contribution in [2.24, 2.45) is 0 Å². The third-order valence-electron chi connectivity index (χ3n) is 3.92. The topological polar surface area (TPSA) is 42.1 Å². The van der Waals surface area contributed by atoms with Crippen LogP contribution in [0.1, 0.15) is 26.3 Å². The number of alkyl halides is 1. The van der Waals surface area contributed by atoms with Crippen LogP contribution < -0.4 is 4.74 Å². The Morgan fingerprint density at radius 1 is 1.33 bits per heavy atom. The number of aromatic nitrogens is 1. The Balaban J connectivity index is 2.06. The first-order valence-electron chi connectivity index (χ1n) is 7.21. The molecule has 0 radical (unpaired) electrons. The number of fused-ring (bicyclic) bond motifs is 1. The lowest BCUT2D eigenvalue weighted by Crippen LogP contribution is -2.08. The van der Waals surface area contributed by atoms with E-state index in [0.717, 1.165) is 16.5 Å². The number of ether oxygens (including phenoxy) is 1. The molecule has 1 aromatic heterocycles. The Morgan fingerprint density at radius 3 is 2.79 bits per heavy atom.